The van der Waals surface area contributed by atoms with E-state index in [-0.39, 0.29) is 24.3 Å². The van der Waals surface area contributed by atoms with E-state index < -0.39 is 33.3 Å². The van der Waals surface area contributed by atoms with E-state index in [1.54, 1.807) is 7.05 Å². The van der Waals surface area contributed by atoms with Crippen LogP contribution >= 0.6 is 0 Å². The van der Waals surface area contributed by atoms with Gasteiger partial charge in [0.05, 0.1) is 6.26 Å². The second-order valence-electron chi connectivity index (χ2n) is 7.16. The quantitative estimate of drug-likeness (QED) is 0.599. The molecule has 0 radical (unpaired) electrons. The first kappa shape index (κ1) is 21.2. The van der Waals surface area contributed by atoms with Gasteiger partial charge in [-0.25, -0.2) is 18.2 Å². The first-order valence-corrected chi connectivity index (χ1v) is 11.3. The van der Waals surface area contributed by atoms with Gasteiger partial charge in [-0.05, 0) is 19.3 Å². The molecule has 0 aromatic carbocycles. The van der Waals surface area contributed by atoms with Gasteiger partial charge in [0.25, 0.3) is 5.56 Å². The lowest BCUT2D eigenvalue weighted by molar-refractivity contribution is -0.149. The highest BCUT2D eigenvalue weighted by atomic mass is 32.2. The topological polar surface area (TPSA) is 136 Å². The Labute approximate surface area is 167 Å². The van der Waals surface area contributed by atoms with Crippen LogP contribution in [0.5, 0.6) is 0 Å². The standard InChI is InChI=1S/C17H25N5O6S/c1-4-5-8-21-14-13(15(23)19-17(21)25)20(2)12(18-14)10-28-16(24)11-7-6-9-22(11)29(3,26)27/h11H,4-10H2,1-3H3,(H,19,23,25)/t11-/m0/s1. The van der Waals surface area contributed by atoms with Crippen LogP contribution in [-0.4, -0.2) is 56.6 Å². The Morgan fingerprint density at radius 3 is 2.72 bits per heavy atom. The van der Waals surface area contributed by atoms with Crippen LogP contribution in [0.25, 0.3) is 11.2 Å². The number of nitrogens with zero attached hydrogens (tertiary/aromatic N) is 4. The summed E-state index contributed by atoms with van der Waals surface area (Å²) in [6.45, 7) is 2.44. The second-order valence-corrected chi connectivity index (χ2v) is 9.10. The molecule has 0 spiro atoms. The average Bonchev–Trinajstić information content (AvgIpc) is 3.25. The third kappa shape index (κ3) is 4.13. The zero-order valence-corrected chi connectivity index (χ0v) is 17.5. The van der Waals surface area contributed by atoms with Crippen molar-refractivity contribution in [2.45, 2.75) is 51.8 Å². The number of carbonyl (C=O) groups is 1. The lowest BCUT2D eigenvalue weighted by Crippen LogP contribution is -2.40. The van der Waals surface area contributed by atoms with Gasteiger partial charge in [0, 0.05) is 20.1 Å². The number of hydrogen-bond acceptors (Lipinski definition) is 7. The van der Waals surface area contributed by atoms with Crippen molar-refractivity contribution in [3.63, 3.8) is 0 Å². The molecular weight excluding hydrogens is 402 g/mol. The first-order valence-electron chi connectivity index (χ1n) is 9.47. The van der Waals surface area contributed by atoms with E-state index in [2.05, 4.69) is 9.97 Å². The number of aryl methyl sites for hydroxylation is 2. The Morgan fingerprint density at radius 2 is 2.07 bits per heavy atom. The number of nitrogens with one attached hydrogen (secondary N) is 1. The number of unbranched alkanes of at least 4 members (excludes halogenated alkanes) is 1. The Balaban J connectivity index is 1.86. The third-order valence-corrected chi connectivity index (χ3v) is 6.38. The maximum absolute atomic E-state index is 12.4. The van der Waals surface area contributed by atoms with Crippen molar-refractivity contribution in [2.24, 2.45) is 7.05 Å². The molecule has 1 atom stereocenters. The van der Waals surface area contributed by atoms with Crippen LogP contribution in [0.15, 0.2) is 9.59 Å². The number of fused-ring (bicyclic) bond motifs is 1. The summed E-state index contributed by atoms with van der Waals surface area (Å²) in [6, 6.07) is -0.856. The average molecular weight is 427 g/mol. The SMILES string of the molecule is CCCCn1c(=O)[nH]c(=O)c2c1nc(COC(=O)[C@@H]1CCCN1S(C)(=O)=O)n2C. The van der Waals surface area contributed by atoms with Gasteiger partial charge in [-0.1, -0.05) is 13.3 Å². The largest absolute Gasteiger partial charge is 0.456 e. The molecule has 0 bridgehead atoms. The molecule has 12 heteroatoms. The zero-order chi connectivity index (χ0) is 21.3. The van der Waals surface area contributed by atoms with E-state index >= 15 is 0 Å². The maximum Gasteiger partial charge on any atom is 0.330 e. The number of imidazole rings is 1. The molecule has 0 aliphatic carbocycles. The molecule has 29 heavy (non-hydrogen) atoms. The van der Waals surface area contributed by atoms with Gasteiger partial charge in [0.1, 0.15) is 18.5 Å². The van der Waals surface area contributed by atoms with E-state index in [0.717, 1.165) is 23.4 Å². The van der Waals surface area contributed by atoms with Crippen molar-refractivity contribution >= 4 is 27.2 Å². The van der Waals surface area contributed by atoms with Crippen molar-refractivity contribution in [3.05, 3.63) is 26.7 Å². The molecule has 1 aliphatic rings. The van der Waals surface area contributed by atoms with Crippen LogP contribution in [0, 0.1) is 0 Å². The minimum atomic E-state index is -3.51. The Kier molecular flexibility index (Phi) is 5.94. The number of sulfonamides is 1. The summed E-state index contributed by atoms with van der Waals surface area (Å²) in [5, 5.41) is 0. The lowest BCUT2D eigenvalue weighted by atomic mass is 10.2. The van der Waals surface area contributed by atoms with Crippen molar-refractivity contribution in [2.75, 3.05) is 12.8 Å². The second kappa shape index (κ2) is 8.11. The molecule has 1 N–H and O–H groups in total. The fourth-order valence-corrected chi connectivity index (χ4v) is 4.66. The number of aromatic nitrogens is 4. The fourth-order valence-electron chi connectivity index (χ4n) is 3.55. The van der Waals surface area contributed by atoms with Gasteiger partial charge in [0.2, 0.25) is 10.0 Å². The molecule has 1 saturated heterocycles. The summed E-state index contributed by atoms with van der Waals surface area (Å²) < 4.78 is 33.0. The van der Waals surface area contributed by atoms with Crippen LogP contribution < -0.4 is 11.2 Å². The Bertz CT molecular complexity index is 1150. The van der Waals surface area contributed by atoms with Crippen molar-refractivity contribution in [1.82, 2.24) is 23.4 Å². The minimum Gasteiger partial charge on any atom is -0.456 e. The Morgan fingerprint density at radius 1 is 1.34 bits per heavy atom. The molecule has 11 nitrogen and oxygen atoms in total. The minimum absolute atomic E-state index is 0.213. The number of esters is 1. The van der Waals surface area contributed by atoms with Crippen molar-refractivity contribution in [3.8, 4) is 0 Å². The normalized spacial score (nSPS) is 17.8. The number of rotatable bonds is 7. The molecule has 160 valence electrons. The monoisotopic (exact) mass is 427 g/mol. The predicted molar refractivity (Wildman–Crippen MR) is 105 cm³/mol. The van der Waals surface area contributed by atoms with Gasteiger partial charge in [0.15, 0.2) is 11.2 Å². The summed E-state index contributed by atoms with van der Waals surface area (Å²) in [7, 11) is -1.91. The fraction of sp³-hybridized carbons (Fsp3) is 0.647. The number of ether oxygens (including phenoxy) is 1. The van der Waals surface area contributed by atoms with Gasteiger partial charge in [-0.15, -0.1) is 0 Å². The molecule has 0 saturated carbocycles. The van der Waals surface area contributed by atoms with E-state index in [4.69, 9.17) is 4.74 Å². The smallest absolute Gasteiger partial charge is 0.330 e. The Hall–Kier alpha value is -2.47. The molecule has 1 fully saturated rings. The highest BCUT2D eigenvalue weighted by Gasteiger charge is 2.37. The maximum atomic E-state index is 12.4. The van der Waals surface area contributed by atoms with Crippen molar-refractivity contribution in [1.29, 1.82) is 0 Å². The van der Waals surface area contributed by atoms with E-state index in [0.29, 0.717) is 25.2 Å². The molecule has 3 rings (SSSR count). The first-order chi connectivity index (χ1) is 13.6. The molecule has 2 aromatic rings. The van der Waals surface area contributed by atoms with Gasteiger partial charge >= 0.3 is 11.7 Å². The van der Waals surface area contributed by atoms with Crippen LogP contribution in [0.3, 0.4) is 0 Å². The van der Waals surface area contributed by atoms with E-state index in [9.17, 15) is 22.8 Å². The number of hydrogen-bond donors (Lipinski definition) is 1. The van der Waals surface area contributed by atoms with E-state index in [1.807, 2.05) is 6.92 Å². The zero-order valence-electron chi connectivity index (χ0n) is 16.7. The summed E-state index contributed by atoms with van der Waals surface area (Å²) in [5.74, 6) is -0.365. The van der Waals surface area contributed by atoms with Crippen molar-refractivity contribution < 1.29 is 17.9 Å². The lowest BCUT2D eigenvalue weighted by Gasteiger charge is -2.20. The van der Waals surface area contributed by atoms with Crippen LogP contribution in [0.1, 0.15) is 38.4 Å². The summed E-state index contributed by atoms with van der Waals surface area (Å²) >= 11 is 0. The molecule has 2 aromatic heterocycles. The van der Waals surface area contributed by atoms with Crippen LogP contribution in [0.2, 0.25) is 0 Å². The number of H-pyrrole nitrogens is 1. The predicted octanol–water partition coefficient (Wildman–Crippen LogP) is -0.309. The third-order valence-electron chi connectivity index (χ3n) is 5.09. The molecule has 0 unspecified atom stereocenters. The molecule has 0 amide bonds. The van der Waals surface area contributed by atoms with E-state index in [1.165, 1.54) is 9.13 Å². The van der Waals surface area contributed by atoms with Gasteiger partial charge in [-0.2, -0.15) is 4.31 Å². The summed E-state index contributed by atoms with van der Waals surface area (Å²) in [5.41, 5.74) is -0.651. The summed E-state index contributed by atoms with van der Waals surface area (Å²) in [6.07, 6.45) is 3.64. The van der Waals surface area contributed by atoms with Crippen LogP contribution in [-0.2, 0) is 39.8 Å². The number of carbonyl (C=O) groups excluding carboxylic acids is 1. The summed E-state index contributed by atoms with van der Waals surface area (Å²) in [4.78, 5) is 43.5. The highest BCUT2D eigenvalue weighted by molar-refractivity contribution is 7.88. The molecule has 1 aliphatic heterocycles. The van der Waals surface area contributed by atoms with Crippen LogP contribution in [0.4, 0.5) is 0 Å². The number of aromatic amines is 1. The molecule has 3 heterocycles. The van der Waals surface area contributed by atoms with Gasteiger partial charge < -0.3 is 9.30 Å². The molecular formula is C17H25N5O6S. The highest BCUT2D eigenvalue weighted by Crippen LogP contribution is 2.22. The van der Waals surface area contributed by atoms with Gasteiger partial charge in [-0.3, -0.25) is 19.1 Å².